The van der Waals surface area contributed by atoms with E-state index in [1.165, 1.54) is 13.2 Å². The molecule has 0 aliphatic heterocycles. The summed E-state index contributed by atoms with van der Waals surface area (Å²) in [5, 5.41) is 2.74. The third kappa shape index (κ3) is 2.97. The number of halogens is 2. The molecule has 1 unspecified atom stereocenters. The maximum Gasteiger partial charge on any atom is 0.219 e. The number of hydrogen-bond acceptors (Lipinski definition) is 4. The number of methoxy groups -OCH3 is 1. The molecule has 0 fully saturated rings. The molecule has 6 heteroatoms. The molecule has 0 amide bonds. The number of hydrogen-bond donors (Lipinski definition) is 2. The summed E-state index contributed by atoms with van der Waals surface area (Å²) in [5.74, 6) is -1.00. The van der Waals surface area contributed by atoms with Gasteiger partial charge < -0.3 is 15.8 Å². The van der Waals surface area contributed by atoms with Gasteiger partial charge in [0.25, 0.3) is 0 Å². The molecular formula is C13H13F2N3O. The molecule has 3 N–H and O–H groups in total. The minimum atomic E-state index is -0.719. The number of ether oxygens (including phenoxy) is 1. The SMILES string of the molecule is COc1ncccc1C(N)Nc1ccc(F)cc1F. The van der Waals surface area contributed by atoms with E-state index >= 15 is 0 Å². The van der Waals surface area contributed by atoms with Gasteiger partial charge in [0.15, 0.2) is 0 Å². The number of aromatic nitrogens is 1. The fourth-order valence-corrected chi connectivity index (χ4v) is 1.66. The summed E-state index contributed by atoms with van der Waals surface area (Å²) < 4.78 is 31.4. The van der Waals surface area contributed by atoms with Crippen LogP contribution in [0.4, 0.5) is 14.5 Å². The number of pyridine rings is 1. The molecule has 1 aromatic carbocycles. The van der Waals surface area contributed by atoms with Crippen LogP contribution in [0.2, 0.25) is 0 Å². The Labute approximate surface area is 109 Å². The van der Waals surface area contributed by atoms with E-state index in [2.05, 4.69) is 10.3 Å². The minimum Gasteiger partial charge on any atom is -0.481 e. The van der Waals surface area contributed by atoms with Crippen molar-refractivity contribution in [2.45, 2.75) is 6.17 Å². The van der Waals surface area contributed by atoms with Crippen LogP contribution in [0, 0.1) is 11.6 Å². The van der Waals surface area contributed by atoms with Gasteiger partial charge in [-0.05, 0) is 24.3 Å². The smallest absolute Gasteiger partial charge is 0.219 e. The fraction of sp³-hybridized carbons (Fsp3) is 0.154. The third-order valence-corrected chi connectivity index (χ3v) is 2.57. The van der Waals surface area contributed by atoms with E-state index in [0.717, 1.165) is 12.1 Å². The summed E-state index contributed by atoms with van der Waals surface area (Å²) in [7, 11) is 1.47. The van der Waals surface area contributed by atoms with Crippen LogP contribution >= 0.6 is 0 Å². The summed E-state index contributed by atoms with van der Waals surface area (Å²) in [6.45, 7) is 0. The van der Waals surface area contributed by atoms with Gasteiger partial charge in [-0.2, -0.15) is 0 Å². The lowest BCUT2D eigenvalue weighted by Crippen LogP contribution is -2.21. The Morgan fingerprint density at radius 2 is 2.11 bits per heavy atom. The van der Waals surface area contributed by atoms with Crippen molar-refractivity contribution in [1.82, 2.24) is 4.98 Å². The molecular weight excluding hydrogens is 252 g/mol. The zero-order valence-electron chi connectivity index (χ0n) is 10.2. The van der Waals surface area contributed by atoms with Gasteiger partial charge in [0.05, 0.1) is 18.4 Å². The summed E-state index contributed by atoms with van der Waals surface area (Å²) in [5.41, 5.74) is 6.61. The van der Waals surface area contributed by atoms with Crippen LogP contribution in [0.15, 0.2) is 36.5 Å². The van der Waals surface area contributed by atoms with Crippen LogP contribution < -0.4 is 15.8 Å². The summed E-state index contributed by atoms with van der Waals surface area (Å²) >= 11 is 0. The van der Waals surface area contributed by atoms with Crippen molar-refractivity contribution in [2.75, 3.05) is 12.4 Å². The van der Waals surface area contributed by atoms with Crippen LogP contribution in [-0.4, -0.2) is 12.1 Å². The number of anilines is 1. The number of nitrogens with one attached hydrogen (secondary N) is 1. The standard InChI is InChI=1S/C13H13F2N3O/c1-19-13-9(3-2-6-17-13)12(16)18-11-5-4-8(14)7-10(11)15/h2-7,12,18H,16H2,1H3. The van der Waals surface area contributed by atoms with Crippen LogP contribution in [-0.2, 0) is 0 Å². The molecule has 0 aliphatic rings. The largest absolute Gasteiger partial charge is 0.481 e. The normalized spacial score (nSPS) is 12.0. The van der Waals surface area contributed by atoms with Crippen LogP contribution in [0.25, 0.3) is 0 Å². The number of nitrogens with two attached hydrogens (primary N) is 1. The molecule has 0 bridgehead atoms. The first-order chi connectivity index (χ1) is 9.11. The zero-order chi connectivity index (χ0) is 13.8. The van der Waals surface area contributed by atoms with Gasteiger partial charge in [0.2, 0.25) is 5.88 Å². The van der Waals surface area contributed by atoms with E-state index in [4.69, 9.17) is 10.5 Å². The van der Waals surface area contributed by atoms with E-state index < -0.39 is 17.8 Å². The Bertz CT molecular complexity index is 578. The van der Waals surface area contributed by atoms with Crippen molar-refractivity contribution in [1.29, 1.82) is 0 Å². The summed E-state index contributed by atoms with van der Waals surface area (Å²) in [6, 6.07) is 6.63. The van der Waals surface area contributed by atoms with Crippen LogP contribution in [0.1, 0.15) is 11.7 Å². The van der Waals surface area contributed by atoms with Crippen molar-refractivity contribution in [2.24, 2.45) is 5.73 Å². The molecule has 0 radical (unpaired) electrons. The number of rotatable bonds is 4. The number of nitrogens with zero attached hydrogens (tertiary/aromatic N) is 1. The Morgan fingerprint density at radius 3 is 2.79 bits per heavy atom. The molecule has 0 aliphatic carbocycles. The third-order valence-electron chi connectivity index (χ3n) is 2.57. The molecule has 19 heavy (non-hydrogen) atoms. The molecule has 2 rings (SSSR count). The molecule has 100 valence electrons. The lowest BCUT2D eigenvalue weighted by Gasteiger charge is -2.17. The van der Waals surface area contributed by atoms with E-state index in [1.807, 2.05) is 0 Å². The minimum absolute atomic E-state index is 0.111. The van der Waals surface area contributed by atoms with E-state index in [1.54, 1.807) is 18.3 Å². The van der Waals surface area contributed by atoms with Gasteiger partial charge >= 0.3 is 0 Å². The van der Waals surface area contributed by atoms with Gasteiger partial charge in [-0.25, -0.2) is 13.8 Å². The second kappa shape index (κ2) is 5.62. The highest BCUT2D eigenvalue weighted by Crippen LogP contribution is 2.24. The van der Waals surface area contributed by atoms with E-state index in [0.29, 0.717) is 11.4 Å². The topological polar surface area (TPSA) is 60.2 Å². The molecule has 1 heterocycles. The van der Waals surface area contributed by atoms with Gasteiger partial charge in [0, 0.05) is 12.3 Å². The summed E-state index contributed by atoms with van der Waals surface area (Å²) in [4.78, 5) is 4.00. The molecule has 1 aromatic heterocycles. The Kier molecular flexibility index (Phi) is 3.91. The van der Waals surface area contributed by atoms with Gasteiger partial charge in [-0.1, -0.05) is 0 Å². The summed E-state index contributed by atoms with van der Waals surface area (Å²) in [6.07, 6.45) is 0.844. The van der Waals surface area contributed by atoms with Crippen LogP contribution in [0.5, 0.6) is 5.88 Å². The predicted molar refractivity (Wildman–Crippen MR) is 67.7 cm³/mol. The molecule has 0 spiro atoms. The monoisotopic (exact) mass is 265 g/mol. The van der Waals surface area contributed by atoms with Crippen molar-refractivity contribution >= 4 is 5.69 Å². The molecule has 0 saturated heterocycles. The van der Waals surface area contributed by atoms with Gasteiger partial charge in [-0.15, -0.1) is 0 Å². The maximum absolute atomic E-state index is 13.5. The highest BCUT2D eigenvalue weighted by Gasteiger charge is 2.14. The zero-order valence-corrected chi connectivity index (χ0v) is 10.2. The molecule has 2 aromatic rings. The molecule has 4 nitrogen and oxygen atoms in total. The molecule has 1 atom stereocenters. The fourth-order valence-electron chi connectivity index (χ4n) is 1.66. The van der Waals surface area contributed by atoms with Crippen molar-refractivity contribution in [3.8, 4) is 5.88 Å². The predicted octanol–water partition coefficient (Wildman–Crippen LogP) is 2.44. The second-order valence-electron chi connectivity index (χ2n) is 3.85. The Morgan fingerprint density at radius 1 is 1.32 bits per heavy atom. The van der Waals surface area contributed by atoms with Crippen LogP contribution in [0.3, 0.4) is 0 Å². The number of benzene rings is 1. The van der Waals surface area contributed by atoms with Gasteiger partial charge in [-0.3, -0.25) is 0 Å². The van der Waals surface area contributed by atoms with E-state index in [9.17, 15) is 8.78 Å². The quantitative estimate of drug-likeness (QED) is 0.833. The highest BCUT2D eigenvalue weighted by molar-refractivity contribution is 5.47. The average molecular weight is 265 g/mol. The maximum atomic E-state index is 13.5. The van der Waals surface area contributed by atoms with Crippen molar-refractivity contribution < 1.29 is 13.5 Å². The highest BCUT2D eigenvalue weighted by atomic mass is 19.1. The second-order valence-corrected chi connectivity index (χ2v) is 3.85. The van der Waals surface area contributed by atoms with Crippen molar-refractivity contribution in [3.05, 3.63) is 53.7 Å². The van der Waals surface area contributed by atoms with E-state index in [-0.39, 0.29) is 5.69 Å². The molecule has 0 saturated carbocycles. The Hall–Kier alpha value is -2.21. The lowest BCUT2D eigenvalue weighted by molar-refractivity contribution is 0.390. The first-order valence-corrected chi connectivity index (χ1v) is 5.58. The Balaban J connectivity index is 2.23. The first kappa shape index (κ1) is 13.2. The van der Waals surface area contributed by atoms with Crippen molar-refractivity contribution in [3.63, 3.8) is 0 Å². The average Bonchev–Trinajstić information content (AvgIpc) is 2.41. The van der Waals surface area contributed by atoms with Gasteiger partial charge in [0.1, 0.15) is 17.8 Å². The lowest BCUT2D eigenvalue weighted by atomic mass is 10.2. The first-order valence-electron chi connectivity index (χ1n) is 5.58.